The minimum Gasteiger partial charge on any atom is -0.493 e. The maximum absolute atomic E-state index is 13.5. The molecule has 7 nitrogen and oxygen atoms in total. The summed E-state index contributed by atoms with van der Waals surface area (Å²) < 4.78 is 18.9. The first-order valence-corrected chi connectivity index (χ1v) is 7.89. The number of ether oxygens (including phenoxy) is 1. The Morgan fingerprint density at radius 3 is 2.81 bits per heavy atom. The Labute approximate surface area is 148 Å². The van der Waals surface area contributed by atoms with E-state index in [0.717, 1.165) is 11.1 Å². The standard InChI is InChI=1S/C18H15FN6O/c1-10-12(19)3-4-14(22-10)18-24-16-11(5-8-21-16)17(25-18)23-13-6-7-20-9-15(13)26-2/h3-9H,1-2H3,(H2,20,21,23,24,25). The smallest absolute Gasteiger partial charge is 0.182 e. The van der Waals surface area contributed by atoms with Crippen molar-refractivity contribution in [2.24, 2.45) is 0 Å². The molecule has 4 heterocycles. The van der Waals surface area contributed by atoms with Crippen molar-refractivity contribution < 1.29 is 9.13 Å². The normalized spacial score (nSPS) is 10.9. The number of rotatable bonds is 4. The molecule has 8 heteroatoms. The largest absolute Gasteiger partial charge is 0.493 e. The first kappa shape index (κ1) is 15.9. The van der Waals surface area contributed by atoms with Gasteiger partial charge in [0.2, 0.25) is 0 Å². The quantitative estimate of drug-likeness (QED) is 0.584. The van der Waals surface area contributed by atoms with Gasteiger partial charge < -0.3 is 15.0 Å². The number of halogens is 1. The predicted molar refractivity (Wildman–Crippen MR) is 95.9 cm³/mol. The molecule has 0 radical (unpaired) electrons. The SMILES string of the molecule is COc1cnccc1Nc1nc(-c2ccc(F)c(C)n2)nc2[nH]ccc12. The minimum absolute atomic E-state index is 0.294. The van der Waals surface area contributed by atoms with E-state index in [1.54, 1.807) is 44.8 Å². The average Bonchev–Trinajstić information content (AvgIpc) is 3.13. The molecule has 0 bridgehead atoms. The van der Waals surface area contributed by atoms with E-state index in [-0.39, 0.29) is 5.82 Å². The van der Waals surface area contributed by atoms with Crippen LogP contribution in [0.5, 0.6) is 5.75 Å². The molecule has 0 spiro atoms. The molecule has 0 fully saturated rings. The van der Waals surface area contributed by atoms with Gasteiger partial charge in [-0.05, 0) is 31.2 Å². The lowest BCUT2D eigenvalue weighted by atomic mass is 10.2. The summed E-state index contributed by atoms with van der Waals surface area (Å²) in [5.74, 6) is 1.19. The van der Waals surface area contributed by atoms with Crippen molar-refractivity contribution in [3.8, 4) is 17.3 Å². The molecule has 4 aromatic heterocycles. The van der Waals surface area contributed by atoms with Gasteiger partial charge in [0.25, 0.3) is 0 Å². The molecule has 130 valence electrons. The van der Waals surface area contributed by atoms with E-state index in [1.807, 2.05) is 6.07 Å². The number of nitrogens with one attached hydrogen (secondary N) is 2. The molecule has 0 unspecified atom stereocenters. The number of pyridine rings is 2. The molecule has 0 aromatic carbocycles. The Bertz CT molecular complexity index is 1090. The summed E-state index contributed by atoms with van der Waals surface area (Å²) in [7, 11) is 1.57. The molecule has 0 aliphatic carbocycles. The molecule has 0 aliphatic heterocycles. The third-order valence-electron chi connectivity index (χ3n) is 3.92. The molecular weight excluding hydrogens is 335 g/mol. The molecule has 0 aliphatic rings. The van der Waals surface area contributed by atoms with Crippen molar-refractivity contribution in [2.45, 2.75) is 6.92 Å². The second-order valence-electron chi connectivity index (χ2n) is 5.60. The van der Waals surface area contributed by atoms with Gasteiger partial charge >= 0.3 is 0 Å². The second-order valence-corrected chi connectivity index (χ2v) is 5.60. The Balaban J connectivity index is 1.83. The maximum atomic E-state index is 13.5. The number of hydrogen-bond donors (Lipinski definition) is 2. The van der Waals surface area contributed by atoms with Crippen LogP contribution in [0.3, 0.4) is 0 Å². The van der Waals surface area contributed by atoms with Crippen LogP contribution in [0.4, 0.5) is 15.9 Å². The molecule has 4 rings (SSSR count). The summed E-state index contributed by atoms with van der Waals surface area (Å²) >= 11 is 0. The Morgan fingerprint density at radius 2 is 2.00 bits per heavy atom. The summed E-state index contributed by atoms with van der Waals surface area (Å²) in [5, 5.41) is 4.06. The lowest BCUT2D eigenvalue weighted by Gasteiger charge is -2.11. The molecule has 2 N–H and O–H groups in total. The molecule has 0 atom stereocenters. The van der Waals surface area contributed by atoms with Crippen molar-refractivity contribution in [2.75, 3.05) is 12.4 Å². The van der Waals surface area contributed by atoms with Gasteiger partial charge in [-0.1, -0.05) is 0 Å². The van der Waals surface area contributed by atoms with Gasteiger partial charge in [-0.2, -0.15) is 0 Å². The van der Waals surface area contributed by atoms with Gasteiger partial charge in [0.1, 0.15) is 23.0 Å². The van der Waals surface area contributed by atoms with Crippen LogP contribution in [-0.2, 0) is 0 Å². The van der Waals surface area contributed by atoms with Gasteiger partial charge in [-0.3, -0.25) is 4.98 Å². The van der Waals surface area contributed by atoms with Gasteiger partial charge in [0, 0.05) is 12.4 Å². The fourth-order valence-electron chi connectivity index (χ4n) is 2.59. The van der Waals surface area contributed by atoms with Crippen LogP contribution in [0.15, 0.2) is 42.9 Å². The third kappa shape index (κ3) is 2.81. The van der Waals surface area contributed by atoms with E-state index >= 15 is 0 Å². The maximum Gasteiger partial charge on any atom is 0.182 e. The van der Waals surface area contributed by atoms with Crippen molar-refractivity contribution in [3.05, 3.63) is 54.4 Å². The van der Waals surface area contributed by atoms with Gasteiger partial charge in [-0.25, -0.2) is 19.3 Å². The number of nitrogens with zero attached hydrogens (tertiary/aromatic N) is 4. The first-order valence-electron chi connectivity index (χ1n) is 7.89. The summed E-state index contributed by atoms with van der Waals surface area (Å²) in [5.41, 5.74) is 2.15. The minimum atomic E-state index is -0.366. The lowest BCUT2D eigenvalue weighted by Crippen LogP contribution is -2.02. The number of aromatic amines is 1. The number of hydrogen-bond acceptors (Lipinski definition) is 6. The van der Waals surface area contributed by atoms with E-state index in [0.29, 0.717) is 34.4 Å². The van der Waals surface area contributed by atoms with Crippen LogP contribution in [0.2, 0.25) is 0 Å². The summed E-state index contributed by atoms with van der Waals surface area (Å²) in [6.07, 6.45) is 5.05. The molecule has 0 amide bonds. The predicted octanol–water partition coefficient (Wildman–Crippen LogP) is 3.61. The van der Waals surface area contributed by atoms with E-state index < -0.39 is 0 Å². The summed E-state index contributed by atoms with van der Waals surface area (Å²) in [4.78, 5) is 20.4. The Kier molecular flexibility index (Phi) is 3.92. The average molecular weight is 350 g/mol. The van der Waals surface area contributed by atoms with E-state index in [2.05, 4.69) is 30.2 Å². The highest BCUT2D eigenvalue weighted by atomic mass is 19.1. The summed E-state index contributed by atoms with van der Waals surface area (Å²) in [6, 6.07) is 6.58. The Hall–Kier alpha value is -3.55. The van der Waals surface area contributed by atoms with Crippen molar-refractivity contribution in [3.63, 3.8) is 0 Å². The van der Waals surface area contributed by atoms with Crippen LogP contribution in [0.1, 0.15) is 5.69 Å². The van der Waals surface area contributed by atoms with Gasteiger partial charge in [0.15, 0.2) is 11.6 Å². The molecular formula is C18H15FN6O. The van der Waals surface area contributed by atoms with E-state index in [1.165, 1.54) is 6.07 Å². The van der Waals surface area contributed by atoms with Crippen molar-refractivity contribution in [1.29, 1.82) is 0 Å². The van der Waals surface area contributed by atoms with E-state index in [9.17, 15) is 4.39 Å². The zero-order valence-electron chi connectivity index (χ0n) is 14.1. The number of anilines is 2. The first-order chi connectivity index (χ1) is 12.7. The summed E-state index contributed by atoms with van der Waals surface area (Å²) in [6.45, 7) is 1.60. The Morgan fingerprint density at radius 1 is 1.12 bits per heavy atom. The number of aryl methyl sites for hydroxylation is 1. The van der Waals surface area contributed by atoms with Crippen LogP contribution >= 0.6 is 0 Å². The van der Waals surface area contributed by atoms with Crippen LogP contribution < -0.4 is 10.1 Å². The number of fused-ring (bicyclic) bond motifs is 1. The van der Waals surface area contributed by atoms with Gasteiger partial charge in [0.05, 0.1) is 30.1 Å². The van der Waals surface area contributed by atoms with Crippen LogP contribution in [0, 0.1) is 12.7 Å². The number of H-pyrrole nitrogens is 1. The molecule has 26 heavy (non-hydrogen) atoms. The van der Waals surface area contributed by atoms with Crippen LogP contribution in [0.25, 0.3) is 22.6 Å². The zero-order valence-corrected chi connectivity index (χ0v) is 14.1. The lowest BCUT2D eigenvalue weighted by molar-refractivity contribution is 0.415. The highest BCUT2D eigenvalue weighted by Crippen LogP contribution is 2.30. The molecule has 4 aromatic rings. The molecule has 0 saturated heterocycles. The van der Waals surface area contributed by atoms with Crippen LogP contribution in [-0.4, -0.2) is 32.0 Å². The highest BCUT2D eigenvalue weighted by Gasteiger charge is 2.14. The second kappa shape index (κ2) is 6.40. The van der Waals surface area contributed by atoms with Crippen molar-refractivity contribution >= 4 is 22.5 Å². The van der Waals surface area contributed by atoms with E-state index in [4.69, 9.17) is 4.74 Å². The number of aromatic nitrogens is 5. The fourth-order valence-corrected chi connectivity index (χ4v) is 2.59. The molecule has 0 saturated carbocycles. The number of methoxy groups -OCH3 is 1. The highest BCUT2D eigenvalue weighted by molar-refractivity contribution is 5.90. The van der Waals surface area contributed by atoms with Crippen molar-refractivity contribution in [1.82, 2.24) is 24.9 Å². The topological polar surface area (TPSA) is 88.6 Å². The van der Waals surface area contributed by atoms with Gasteiger partial charge in [-0.15, -0.1) is 0 Å². The monoisotopic (exact) mass is 350 g/mol. The zero-order chi connectivity index (χ0) is 18.1. The third-order valence-corrected chi connectivity index (χ3v) is 3.92. The fraction of sp³-hybridized carbons (Fsp3) is 0.111.